The zero-order valence-electron chi connectivity index (χ0n) is 14.5. The van der Waals surface area contributed by atoms with Crippen molar-refractivity contribution in [3.8, 4) is 11.4 Å². The van der Waals surface area contributed by atoms with Gasteiger partial charge in [0.2, 0.25) is 0 Å². The van der Waals surface area contributed by atoms with Crippen molar-refractivity contribution in [2.75, 3.05) is 0 Å². The van der Waals surface area contributed by atoms with Crippen LogP contribution in [0, 0.1) is 6.92 Å². The summed E-state index contributed by atoms with van der Waals surface area (Å²) in [4.78, 5) is 21.0. The summed E-state index contributed by atoms with van der Waals surface area (Å²) in [5.41, 5.74) is 4.52. The molecule has 3 aromatic heterocycles. The molecule has 4 rings (SSSR count). The highest BCUT2D eigenvalue weighted by molar-refractivity contribution is 6.30. The van der Waals surface area contributed by atoms with Gasteiger partial charge >= 0.3 is 0 Å². The van der Waals surface area contributed by atoms with Gasteiger partial charge in [-0.25, -0.2) is 4.98 Å². The van der Waals surface area contributed by atoms with Crippen LogP contribution in [0.15, 0.2) is 59.8 Å². The quantitative estimate of drug-likeness (QED) is 0.555. The Morgan fingerprint density at radius 3 is 2.65 bits per heavy atom. The summed E-state index contributed by atoms with van der Waals surface area (Å²) in [6, 6.07) is 11.6. The third-order valence-electron chi connectivity index (χ3n) is 4.43. The van der Waals surface area contributed by atoms with Gasteiger partial charge in [-0.15, -0.1) is 0 Å². The predicted molar refractivity (Wildman–Crippen MR) is 103 cm³/mol. The molecule has 3 heterocycles. The monoisotopic (exact) mass is 364 g/mol. The van der Waals surface area contributed by atoms with E-state index in [1.54, 1.807) is 24.0 Å². The Morgan fingerprint density at radius 2 is 1.92 bits per heavy atom. The maximum Gasteiger partial charge on any atom is 0.253 e. The lowest BCUT2D eigenvalue weighted by molar-refractivity contribution is 0.819. The van der Waals surface area contributed by atoms with E-state index in [2.05, 4.69) is 9.55 Å². The highest BCUT2D eigenvalue weighted by Crippen LogP contribution is 2.25. The molecule has 0 amide bonds. The molecular weight excluding hydrogens is 348 g/mol. The van der Waals surface area contributed by atoms with Crippen LogP contribution in [0.5, 0.6) is 0 Å². The predicted octanol–water partition coefficient (Wildman–Crippen LogP) is 3.81. The van der Waals surface area contributed by atoms with Gasteiger partial charge in [-0.05, 0) is 36.8 Å². The summed E-state index contributed by atoms with van der Waals surface area (Å²) in [6.45, 7) is 2.47. The Bertz CT molecular complexity index is 1130. The molecule has 26 heavy (non-hydrogen) atoms. The Kier molecular flexibility index (Phi) is 4.09. The van der Waals surface area contributed by atoms with Crippen LogP contribution >= 0.6 is 11.6 Å². The summed E-state index contributed by atoms with van der Waals surface area (Å²) in [7, 11) is 1.76. The Morgan fingerprint density at radius 1 is 1.15 bits per heavy atom. The molecule has 0 atom stereocenters. The number of nitrogens with zero attached hydrogens (tertiary/aromatic N) is 4. The number of hydrogen-bond acceptors (Lipinski definition) is 3. The first kappa shape index (κ1) is 16.5. The first-order valence-corrected chi connectivity index (χ1v) is 8.63. The number of rotatable bonds is 3. The normalized spacial score (nSPS) is 11.2. The summed E-state index contributed by atoms with van der Waals surface area (Å²) < 4.78 is 3.73. The summed E-state index contributed by atoms with van der Waals surface area (Å²) >= 11 is 6.01. The average molecular weight is 365 g/mol. The van der Waals surface area contributed by atoms with E-state index in [-0.39, 0.29) is 5.56 Å². The topological polar surface area (TPSA) is 52.7 Å². The van der Waals surface area contributed by atoms with E-state index in [4.69, 9.17) is 16.6 Å². The van der Waals surface area contributed by atoms with Crippen molar-refractivity contribution in [1.29, 1.82) is 0 Å². The van der Waals surface area contributed by atoms with Crippen molar-refractivity contribution in [2.45, 2.75) is 13.5 Å². The van der Waals surface area contributed by atoms with E-state index in [1.807, 2.05) is 49.5 Å². The molecule has 5 nitrogen and oxygen atoms in total. The van der Waals surface area contributed by atoms with Crippen molar-refractivity contribution in [3.05, 3.63) is 81.5 Å². The molecule has 0 aliphatic rings. The van der Waals surface area contributed by atoms with Gasteiger partial charge in [-0.2, -0.15) is 0 Å². The molecular formula is C20H17ClN4O. The number of hydrogen-bond donors (Lipinski definition) is 0. The van der Waals surface area contributed by atoms with Crippen molar-refractivity contribution in [3.63, 3.8) is 0 Å². The molecule has 4 aromatic rings. The lowest BCUT2D eigenvalue weighted by Gasteiger charge is -2.11. The maximum atomic E-state index is 12.0. The molecule has 6 heteroatoms. The number of benzene rings is 1. The van der Waals surface area contributed by atoms with Crippen molar-refractivity contribution in [2.24, 2.45) is 7.05 Å². The van der Waals surface area contributed by atoms with Gasteiger partial charge < -0.3 is 9.13 Å². The molecule has 0 unspecified atom stereocenters. The van der Waals surface area contributed by atoms with Gasteiger partial charge in [0, 0.05) is 42.1 Å². The largest absolute Gasteiger partial charge is 0.319 e. The molecule has 0 bridgehead atoms. The molecule has 130 valence electrons. The van der Waals surface area contributed by atoms with Gasteiger partial charge in [-0.1, -0.05) is 23.7 Å². The molecule has 0 fully saturated rings. The molecule has 1 aromatic carbocycles. The number of halogens is 1. The molecule has 0 spiro atoms. The summed E-state index contributed by atoms with van der Waals surface area (Å²) in [6.07, 6.45) is 5.34. The Balaban J connectivity index is 1.92. The highest BCUT2D eigenvalue weighted by Gasteiger charge is 2.15. The van der Waals surface area contributed by atoms with Crippen LogP contribution in [-0.4, -0.2) is 19.1 Å². The molecule has 0 N–H and O–H groups in total. The molecule has 0 radical (unpaired) electrons. The maximum absolute atomic E-state index is 12.0. The molecule has 0 aliphatic carbocycles. The minimum atomic E-state index is -0.00391. The second kappa shape index (κ2) is 6.42. The van der Waals surface area contributed by atoms with Crippen LogP contribution in [0.25, 0.3) is 22.4 Å². The fourth-order valence-corrected chi connectivity index (χ4v) is 3.26. The number of aromatic nitrogens is 4. The van der Waals surface area contributed by atoms with Gasteiger partial charge in [0.15, 0.2) is 0 Å². The average Bonchev–Trinajstić information content (AvgIpc) is 3.00. The lowest BCUT2D eigenvalue weighted by atomic mass is 10.2. The minimum Gasteiger partial charge on any atom is -0.319 e. The van der Waals surface area contributed by atoms with Gasteiger partial charge in [-0.3, -0.25) is 9.78 Å². The van der Waals surface area contributed by atoms with Crippen LogP contribution in [-0.2, 0) is 13.6 Å². The first-order chi connectivity index (χ1) is 12.5. The SMILES string of the molecule is Cc1cc(-c2nc3cnccc3n2Cc2ccc(Cl)cc2)cn(C)c1=O. The Labute approximate surface area is 155 Å². The van der Waals surface area contributed by atoms with E-state index in [1.165, 1.54) is 0 Å². The van der Waals surface area contributed by atoms with Crippen LogP contribution in [0.4, 0.5) is 0 Å². The van der Waals surface area contributed by atoms with Crippen LogP contribution in [0.1, 0.15) is 11.1 Å². The molecule has 0 saturated carbocycles. The summed E-state index contributed by atoms with van der Waals surface area (Å²) in [5, 5.41) is 0.711. The van der Waals surface area contributed by atoms with Crippen LogP contribution in [0.2, 0.25) is 5.02 Å². The van der Waals surface area contributed by atoms with E-state index in [0.717, 1.165) is 28.0 Å². The van der Waals surface area contributed by atoms with Gasteiger partial charge in [0.25, 0.3) is 5.56 Å². The number of pyridine rings is 2. The number of fused-ring (bicyclic) bond motifs is 1. The standard InChI is InChI=1S/C20H17ClN4O/c1-13-9-15(12-24(2)20(13)26)19-23-17-10-22-8-7-18(17)25(19)11-14-3-5-16(21)6-4-14/h3-10,12H,11H2,1-2H3. The van der Waals surface area contributed by atoms with E-state index >= 15 is 0 Å². The van der Waals surface area contributed by atoms with E-state index < -0.39 is 0 Å². The van der Waals surface area contributed by atoms with Crippen molar-refractivity contribution < 1.29 is 0 Å². The fourth-order valence-electron chi connectivity index (χ4n) is 3.13. The smallest absolute Gasteiger partial charge is 0.253 e. The Hall–Kier alpha value is -2.92. The molecule has 0 saturated heterocycles. The van der Waals surface area contributed by atoms with Gasteiger partial charge in [0.05, 0.1) is 11.7 Å². The number of aryl methyl sites for hydroxylation is 2. The first-order valence-electron chi connectivity index (χ1n) is 8.25. The van der Waals surface area contributed by atoms with Crippen molar-refractivity contribution in [1.82, 2.24) is 19.1 Å². The minimum absolute atomic E-state index is 0.00391. The molecule has 0 aliphatic heterocycles. The van der Waals surface area contributed by atoms with E-state index in [9.17, 15) is 4.79 Å². The second-order valence-electron chi connectivity index (χ2n) is 6.34. The second-order valence-corrected chi connectivity index (χ2v) is 6.78. The zero-order valence-corrected chi connectivity index (χ0v) is 15.2. The lowest BCUT2D eigenvalue weighted by Crippen LogP contribution is -2.18. The highest BCUT2D eigenvalue weighted by atomic mass is 35.5. The van der Waals surface area contributed by atoms with Crippen molar-refractivity contribution >= 4 is 22.6 Å². The number of imidazole rings is 1. The fraction of sp³-hybridized carbons (Fsp3) is 0.150. The third kappa shape index (κ3) is 2.91. The zero-order chi connectivity index (χ0) is 18.3. The summed E-state index contributed by atoms with van der Waals surface area (Å²) in [5.74, 6) is 0.807. The van der Waals surface area contributed by atoms with Gasteiger partial charge in [0.1, 0.15) is 11.3 Å². The van der Waals surface area contributed by atoms with Crippen LogP contribution in [0.3, 0.4) is 0 Å². The third-order valence-corrected chi connectivity index (χ3v) is 4.68. The van der Waals surface area contributed by atoms with Crippen LogP contribution < -0.4 is 5.56 Å². The van der Waals surface area contributed by atoms with E-state index in [0.29, 0.717) is 17.1 Å².